The second-order valence-corrected chi connectivity index (χ2v) is 2.13. The first-order valence-corrected chi connectivity index (χ1v) is 3.21. The fourth-order valence-electron chi connectivity index (χ4n) is 0.548. The molecule has 8 heteroatoms. The van der Waals surface area contributed by atoms with Gasteiger partial charge in [0.25, 0.3) is 0 Å². The largest absolute Gasteiger partial charge is 2.00 e. The van der Waals surface area contributed by atoms with Gasteiger partial charge in [0.2, 0.25) is 0 Å². The number of hydrogen-bond donors (Lipinski definition) is 3. The SMILES string of the molecule is O=C(O)COC(CC(=O)O)C(=O)O.[Ca+2]. The number of ether oxygens (including phenoxy) is 1. The van der Waals surface area contributed by atoms with E-state index in [0.717, 1.165) is 0 Å². The van der Waals surface area contributed by atoms with E-state index in [-0.39, 0.29) is 37.7 Å². The Morgan fingerprint density at radius 3 is 1.86 bits per heavy atom. The number of carboxylic acid groups (broad SMARTS) is 3. The van der Waals surface area contributed by atoms with Gasteiger partial charge in [-0.15, -0.1) is 0 Å². The molecular weight excluding hydrogens is 224 g/mol. The van der Waals surface area contributed by atoms with Crippen LogP contribution in [0.3, 0.4) is 0 Å². The molecule has 0 heterocycles. The monoisotopic (exact) mass is 232 g/mol. The Bertz CT molecular complexity index is 226. The predicted octanol–water partition coefficient (Wildman–Crippen LogP) is -1.37. The van der Waals surface area contributed by atoms with Crippen LogP contribution in [0.25, 0.3) is 0 Å². The van der Waals surface area contributed by atoms with Crippen molar-refractivity contribution in [2.24, 2.45) is 0 Å². The fraction of sp³-hybridized carbons (Fsp3) is 0.500. The molecule has 74 valence electrons. The molecule has 1 unspecified atom stereocenters. The standard InChI is InChI=1S/C6H8O7.Ca/c7-4(8)1-3(6(11)12)13-2-5(9)10;/h3H,1-2H2,(H,7,8)(H,9,10)(H,11,12);/q;+2. The molecule has 3 N–H and O–H groups in total. The van der Waals surface area contributed by atoms with E-state index in [4.69, 9.17) is 15.3 Å². The first kappa shape index (κ1) is 16.1. The van der Waals surface area contributed by atoms with Gasteiger partial charge in [-0.1, -0.05) is 0 Å². The predicted molar refractivity (Wildman–Crippen MR) is 43.0 cm³/mol. The van der Waals surface area contributed by atoms with E-state index in [1.165, 1.54) is 0 Å². The zero-order valence-electron chi connectivity index (χ0n) is 7.17. The molecule has 7 nitrogen and oxygen atoms in total. The van der Waals surface area contributed by atoms with E-state index < -0.39 is 37.0 Å². The first-order valence-electron chi connectivity index (χ1n) is 3.21. The zero-order chi connectivity index (χ0) is 10.4. The summed E-state index contributed by atoms with van der Waals surface area (Å²) < 4.78 is 4.30. The molecule has 0 saturated heterocycles. The minimum atomic E-state index is -1.62. The number of carboxylic acids is 3. The van der Waals surface area contributed by atoms with Crippen molar-refractivity contribution in [1.29, 1.82) is 0 Å². The minimum Gasteiger partial charge on any atom is -0.481 e. The molecule has 0 amide bonds. The van der Waals surface area contributed by atoms with Gasteiger partial charge in [-0.05, 0) is 0 Å². The summed E-state index contributed by atoms with van der Waals surface area (Å²) in [6, 6.07) is 0. The van der Waals surface area contributed by atoms with Crippen LogP contribution in [0.2, 0.25) is 0 Å². The Morgan fingerprint density at radius 2 is 1.57 bits per heavy atom. The van der Waals surface area contributed by atoms with Gasteiger partial charge in [0.05, 0.1) is 6.42 Å². The van der Waals surface area contributed by atoms with E-state index in [2.05, 4.69) is 4.74 Å². The van der Waals surface area contributed by atoms with Crippen molar-refractivity contribution >= 4 is 55.6 Å². The minimum absolute atomic E-state index is 0. The van der Waals surface area contributed by atoms with Crippen molar-refractivity contribution in [2.75, 3.05) is 6.61 Å². The third kappa shape index (κ3) is 8.24. The molecule has 1 atom stereocenters. The summed E-state index contributed by atoms with van der Waals surface area (Å²) in [6.07, 6.45) is -2.38. The number of carbonyl (C=O) groups is 3. The fourth-order valence-corrected chi connectivity index (χ4v) is 0.548. The third-order valence-electron chi connectivity index (χ3n) is 1.04. The summed E-state index contributed by atoms with van der Waals surface area (Å²) in [6.45, 7) is -0.829. The number of hydrogen-bond acceptors (Lipinski definition) is 4. The maximum absolute atomic E-state index is 10.3. The molecule has 14 heavy (non-hydrogen) atoms. The van der Waals surface area contributed by atoms with Gasteiger partial charge in [0, 0.05) is 0 Å². The molecule has 0 aliphatic carbocycles. The first-order chi connectivity index (χ1) is 5.93. The average molecular weight is 232 g/mol. The molecule has 0 spiro atoms. The van der Waals surface area contributed by atoms with Gasteiger partial charge in [-0.2, -0.15) is 0 Å². The summed E-state index contributed by atoms with van der Waals surface area (Å²) in [5, 5.41) is 24.7. The van der Waals surface area contributed by atoms with Gasteiger partial charge in [0.15, 0.2) is 6.10 Å². The quantitative estimate of drug-likeness (QED) is 0.483. The van der Waals surface area contributed by atoms with E-state index in [0.29, 0.717) is 0 Å². The smallest absolute Gasteiger partial charge is 0.481 e. The van der Waals surface area contributed by atoms with E-state index in [1.54, 1.807) is 0 Å². The van der Waals surface area contributed by atoms with Crippen molar-refractivity contribution in [1.82, 2.24) is 0 Å². The summed E-state index contributed by atoms with van der Waals surface area (Å²) in [4.78, 5) is 30.3. The van der Waals surface area contributed by atoms with Crippen LogP contribution >= 0.6 is 0 Å². The van der Waals surface area contributed by atoms with E-state index in [9.17, 15) is 14.4 Å². The van der Waals surface area contributed by atoms with Crippen molar-refractivity contribution in [2.45, 2.75) is 12.5 Å². The van der Waals surface area contributed by atoms with Crippen LogP contribution in [-0.2, 0) is 19.1 Å². The topological polar surface area (TPSA) is 121 Å². The zero-order valence-corrected chi connectivity index (χ0v) is 9.38. The summed E-state index contributed by atoms with van der Waals surface area (Å²) in [5.41, 5.74) is 0. The van der Waals surface area contributed by atoms with E-state index >= 15 is 0 Å². The van der Waals surface area contributed by atoms with Crippen LogP contribution < -0.4 is 0 Å². The second-order valence-electron chi connectivity index (χ2n) is 2.13. The van der Waals surface area contributed by atoms with Crippen molar-refractivity contribution in [3.05, 3.63) is 0 Å². The normalized spacial score (nSPS) is 11.1. The second kappa shape index (κ2) is 7.98. The molecule has 0 aromatic carbocycles. The number of rotatable bonds is 6. The maximum atomic E-state index is 10.3. The molecule has 0 aliphatic rings. The van der Waals surface area contributed by atoms with Crippen molar-refractivity contribution in [3.8, 4) is 0 Å². The Labute approximate surface area is 109 Å². The Balaban J connectivity index is 0. The summed E-state index contributed by atoms with van der Waals surface area (Å²) >= 11 is 0. The third-order valence-corrected chi connectivity index (χ3v) is 1.04. The molecule has 0 aromatic heterocycles. The molecule has 0 aliphatic heterocycles. The number of aliphatic carboxylic acids is 3. The van der Waals surface area contributed by atoms with Gasteiger partial charge < -0.3 is 20.1 Å². The molecule has 0 bridgehead atoms. The van der Waals surface area contributed by atoms with Crippen LogP contribution in [0, 0.1) is 0 Å². The summed E-state index contributed by atoms with van der Waals surface area (Å²) in [7, 11) is 0. The summed E-state index contributed by atoms with van der Waals surface area (Å²) in [5.74, 6) is -4.21. The molecule has 0 saturated carbocycles. The van der Waals surface area contributed by atoms with Crippen LogP contribution in [0.4, 0.5) is 0 Å². The molecular formula is C6H8CaO7+2. The van der Waals surface area contributed by atoms with Crippen LogP contribution in [0.5, 0.6) is 0 Å². The van der Waals surface area contributed by atoms with Gasteiger partial charge in [-0.3, -0.25) is 4.79 Å². The van der Waals surface area contributed by atoms with Crippen LogP contribution in [0.15, 0.2) is 0 Å². The van der Waals surface area contributed by atoms with Crippen molar-refractivity contribution in [3.63, 3.8) is 0 Å². The molecule has 0 fully saturated rings. The van der Waals surface area contributed by atoms with E-state index in [1.807, 2.05) is 0 Å². The maximum Gasteiger partial charge on any atom is 2.00 e. The molecule has 0 rings (SSSR count). The average Bonchev–Trinajstić information content (AvgIpc) is 1.96. The van der Waals surface area contributed by atoms with Gasteiger partial charge in [-0.25, -0.2) is 9.59 Å². The Hall–Kier alpha value is -0.370. The van der Waals surface area contributed by atoms with Crippen molar-refractivity contribution < 1.29 is 34.4 Å². The van der Waals surface area contributed by atoms with Gasteiger partial charge in [0.1, 0.15) is 6.61 Å². The van der Waals surface area contributed by atoms with Crippen LogP contribution in [-0.4, -0.2) is 83.7 Å². The Morgan fingerprint density at radius 1 is 1.07 bits per heavy atom. The molecule has 0 aromatic rings. The van der Waals surface area contributed by atoms with Crippen LogP contribution in [0.1, 0.15) is 6.42 Å². The van der Waals surface area contributed by atoms with Gasteiger partial charge >= 0.3 is 55.6 Å². The molecule has 0 radical (unpaired) electrons. The Kier molecular flexibility index (Phi) is 9.16.